The van der Waals surface area contributed by atoms with E-state index in [1.54, 1.807) is 24.3 Å². The fourth-order valence-electron chi connectivity index (χ4n) is 2.67. The molecule has 1 N–H and O–H groups in total. The van der Waals surface area contributed by atoms with Gasteiger partial charge in [0.1, 0.15) is 0 Å². The molecule has 0 bridgehead atoms. The normalized spacial score (nSPS) is 18.2. The molecule has 0 aliphatic carbocycles. The molecule has 116 valence electrons. The van der Waals surface area contributed by atoms with E-state index in [9.17, 15) is 4.48 Å². The predicted molar refractivity (Wildman–Crippen MR) is 85.0 cm³/mol. The second-order valence-electron chi connectivity index (χ2n) is 5.54. The molecule has 0 amide bonds. The number of morpholine rings is 1. The summed E-state index contributed by atoms with van der Waals surface area (Å²) >= 11 is 0. The maximum absolute atomic E-state index is 14.6. The summed E-state index contributed by atoms with van der Waals surface area (Å²) in [6.45, 7) is 6.11. The van der Waals surface area contributed by atoms with Crippen molar-refractivity contribution >= 4 is 11.4 Å². The zero-order valence-electron chi connectivity index (χ0n) is 12.8. The minimum absolute atomic E-state index is 0.0428. The van der Waals surface area contributed by atoms with Crippen molar-refractivity contribution in [2.45, 2.75) is 20.0 Å². The van der Waals surface area contributed by atoms with Gasteiger partial charge in [0.15, 0.2) is 0 Å². The third-order valence-corrected chi connectivity index (χ3v) is 3.71. The van der Waals surface area contributed by atoms with Gasteiger partial charge < -0.3 is 10.1 Å². The van der Waals surface area contributed by atoms with E-state index in [4.69, 9.17) is 4.74 Å². The van der Waals surface area contributed by atoms with Crippen molar-refractivity contribution in [2.24, 2.45) is 0 Å². The quantitative estimate of drug-likeness (QED) is 0.882. The lowest BCUT2D eigenvalue weighted by Crippen LogP contribution is -2.33. The van der Waals surface area contributed by atoms with Crippen LogP contribution < -0.4 is 10.4 Å². The Kier molecular flexibility index (Phi) is 4.36. The molecule has 0 radical (unpaired) electrons. The Labute approximate surface area is 129 Å². The first-order valence-corrected chi connectivity index (χ1v) is 7.47. The number of rotatable bonds is 3. The summed E-state index contributed by atoms with van der Waals surface area (Å²) < 4.78 is 20.3. The number of ether oxygens (including phenoxy) is 1. The van der Waals surface area contributed by atoms with E-state index in [-0.39, 0.29) is 6.10 Å². The molecule has 3 rings (SSSR count). The number of nitrogens with one attached hydrogen (secondary N) is 1. The van der Waals surface area contributed by atoms with Crippen molar-refractivity contribution in [1.29, 1.82) is 0 Å². The van der Waals surface area contributed by atoms with Gasteiger partial charge >= 0.3 is 0 Å². The van der Waals surface area contributed by atoms with Crippen LogP contribution in [0.15, 0.2) is 36.4 Å². The van der Waals surface area contributed by atoms with Crippen molar-refractivity contribution in [1.82, 2.24) is 10.3 Å². The molecule has 2 aromatic rings. The molecular formula is C17H20FN3O. The number of benzene rings is 1. The van der Waals surface area contributed by atoms with Crippen LogP contribution in [-0.2, 0) is 4.74 Å². The Morgan fingerprint density at radius 3 is 2.41 bits per heavy atom. The number of hydrogen-bond donors (Lipinski definition) is 1. The van der Waals surface area contributed by atoms with Crippen LogP contribution >= 0.6 is 0 Å². The summed E-state index contributed by atoms with van der Waals surface area (Å²) in [5, 5.41) is 3.98. The van der Waals surface area contributed by atoms with Gasteiger partial charge in [-0.15, -0.1) is 0 Å². The molecule has 0 spiro atoms. The van der Waals surface area contributed by atoms with E-state index in [2.05, 4.69) is 10.3 Å². The van der Waals surface area contributed by atoms with Crippen LogP contribution in [0.4, 0.5) is 15.9 Å². The molecule has 1 aliphatic heterocycles. The van der Waals surface area contributed by atoms with E-state index in [1.165, 1.54) is 0 Å². The fourth-order valence-corrected chi connectivity index (χ4v) is 2.67. The van der Waals surface area contributed by atoms with Crippen LogP contribution in [0.1, 0.15) is 23.1 Å². The third kappa shape index (κ3) is 3.26. The van der Waals surface area contributed by atoms with Crippen LogP contribution in [-0.4, -0.2) is 24.7 Å². The van der Waals surface area contributed by atoms with E-state index >= 15 is 0 Å². The first kappa shape index (κ1) is 14.9. The average Bonchev–Trinajstić information content (AvgIpc) is 2.54. The fraction of sp³-hybridized carbons (Fsp3) is 0.353. The predicted octanol–water partition coefficient (Wildman–Crippen LogP) is 3.38. The third-order valence-electron chi connectivity index (χ3n) is 3.71. The zero-order chi connectivity index (χ0) is 15.5. The molecular weight excluding hydrogens is 281 g/mol. The Morgan fingerprint density at radius 1 is 1.14 bits per heavy atom. The molecule has 1 atom stereocenters. The van der Waals surface area contributed by atoms with Crippen LogP contribution in [0.3, 0.4) is 0 Å². The molecule has 0 saturated carbocycles. The minimum Gasteiger partial charge on any atom is -0.371 e. The lowest BCUT2D eigenvalue weighted by atomic mass is 10.1. The monoisotopic (exact) mass is 301 g/mol. The first-order chi connectivity index (χ1) is 10.6. The van der Waals surface area contributed by atoms with Crippen molar-refractivity contribution in [3.8, 4) is 0 Å². The summed E-state index contributed by atoms with van der Waals surface area (Å²) in [4.78, 5) is 4.27. The molecule has 4 nitrogen and oxygen atoms in total. The average molecular weight is 301 g/mol. The topological polar surface area (TPSA) is 37.4 Å². The number of halogens is 1. The summed E-state index contributed by atoms with van der Waals surface area (Å²) in [6, 6.07) is 10.8. The van der Waals surface area contributed by atoms with Gasteiger partial charge in [-0.2, -0.15) is 5.12 Å². The van der Waals surface area contributed by atoms with Crippen molar-refractivity contribution in [2.75, 3.05) is 24.8 Å². The second-order valence-corrected chi connectivity index (χ2v) is 5.54. The Morgan fingerprint density at radius 2 is 1.82 bits per heavy atom. The number of hydrogen-bond acceptors (Lipinski definition) is 4. The van der Waals surface area contributed by atoms with Crippen LogP contribution in [0, 0.1) is 13.8 Å². The van der Waals surface area contributed by atoms with Crippen molar-refractivity contribution < 1.29 is 9.22 Å². The van der Waals surface area contributed by atoms with E-state index in [0.717, 1.165) is 30.0 Å². The van der Waals surface area contributed by atoms with E-state index < -0.39 is 0 Å². The van der Waals surface area contributed by atoms with Gasteiger partial charge in [0.2, 0.25) is 0 Å². The highest BCUT2D eigenvalue weighted by molar-refractivity contribution is 5.61. The minimum atomic E-state index is 0.0428. The molecule has 2 heterocycles. The lowest BCUT2D eigenvalue weighted by Gasteiger charge is -2.24. The van der Waals surface area contributed by atoms with Gasteiger partial charge in [0.05, 0.1) is 24.1 Å². The van der Waals surface area contributed by atoms with Crippen molar-refractivity contribution in [3.05, 3.63) is 53.3 Å². The number of nitrogens with zero attached hydrogens (tertiary/aromatic N) is 2. The molecule has 1 saturated heterocycles. The summed E-state index contributed by atoms with van der Waals surface area (Å²) in [6.07, 6.45) is 0.0428. The smallest absolute Gasteiger partial charge is 0.0949 e. The van der Waals surface area contributed by atoms with Gasteiger partial charge in [-0.3, -0.25) is 4.98 Å². The maximum atomic E-state index is 14.6. The summed E-state index contributed by atoms with van der Waals surface area (Å²) in [5.74, 6) is 0. The summed E-state index contributed by atoms with van der Waals surface area (Å²) in [5.41, 5.74) is 3.66. The number of anilines is 2. The highest BCUT2D eigenvalue weighted by Gasteiger charge is 2.16. The maximum Gasteiger partial charge on any atom is 0.0949 e. The number of pyridine rings is 1. The summed E-state index contributed by atoms with van der Waals surface area (Å²) in [7, 11) is 0. The number of aromatic nitrogens is 1. The standard InChI is InChI=1S/C17H20FN3O/c1-12-9-16(10-13(2)20-12)21(18)15-5-3-14(4-6-15)17-11-19-7-8-22-17/h3-6,9-10,17,19H,7-8,11H2,1-2H3/t17-/m1/s1. The Balaban J connectivity index is 1.79. The highest BCUT2D eigenvalue weighted by Crippen LogP contribution is 2.29. The molecule has 1 aromatic carbocycles. The van der Waals surface area contributed by atoms with E-state index in [1.807, 2.05) is 26.0 Å². The van der Waals surface area contributed by atoms with E-state index in [0.29, 0.717) is 23.1 Å². The molecule has 1 aromatic heterocycles. The van der Waals surface area contributed by atoms with Gasteiger partial charge in [-0.05, 0) is 43.7 Å². The Bertz CT molecular complexity index is 619. The van der Waals surface area contributed by atoms with Crippen LogP contribution in [0.2, 0.25) is 0 Å². The Hall–Kier alpha value is -1.98. The molecule has 0 unspecified atom stereocenters. The second kappa shape index (κ2) is 6.42. The SMILES string of the molecule is Cc1cc(N(F)c2ccc([C@H]3CNCCO3)cc2)cc(C)n1. The van der Waals surface area contributed by atoms with Gasteiger partial charge in [0, 0.05) is 24.5 Å². The van der Waals surface area contributed by atoms with Crippen LogP contribution in [0.25, 0.3) is 0 Å². The molecule has 1 aliphatic rings. The largest absolute Gasteiger partial charge is 0.371 e. The molecule has 22 heavy (non-hydrogen) atoms. The highest BCUT2D eigenvalue weighted by atomic mass is 19.2. The number of aryl methyl sites for hydroxylation is 2. The van der Waals surface area contributed by atoms with Gasteiger partial charge in [-0.25, -0.2) is 0 Å². The zero-order valence-corrected chi connectivity index (χ0v) is 12.8. The molecule has 5 heteroatoms. The van der Waals surface area contributed by atoms with Crippen LogP contribution in [0.5, 0.6) is 0 Å². The lowest BCUT2D eigenvalue weighted by molar-refractivity contribution is 0.0277. The first-order valence-electron chi connectivity index (χ1n) is 7.47. The van der Waals surface area contributed by atoms with Gasteiger partial charge in [-0.1, -0.05) is 16.6 Å². The molecule has 1 fully saturated rings. The van der Waals surface area contributed by atoms with Gasteiger partial charge in [0.25, 0.3) is 0 Å². The van der Waals surface area contributed by atoms with Crippen molar-refractivity contribution in [3.63, 3.8) is 0 Å².